The van der Waals surface area contributed by atoms with Crippen LogP contribution < -0.4 is 5.32 Å². The number of carbonyl (C=O) groups is 1. The van der Waals surface area contributed by atoms with Gasteiger partial charge in [0.2, 0.25) is 0 Å². The maximum absolute atomic E-state index is 10.7. The summed E-state index contributed by atoms with van der Waals surface area (Å²) in [5.41, 5.74) is 0. The Bertz CT molecular complexity index is 246. The first kappa shape index (κ1) is 18.4. The molecule has 5 heteroatoms. The summed E-state index contributed by atoms with van der Waals surface area (Å²) in [5, 5.41) is 21.7. The first-order valence-corrected chi connectivity index (χ1v) is 7.08. The lowest BCUT2D eigenvalue weighted by Crippen LogP contribution is -2.36. The molecule has 0 aliphatic carbocycles. The SMILES string of the molecule is CC(CCCC(C)C(=O)O)NCC(O)COC(C)C. The summed E-state index contributed by atoms with van der Waals surface area (Å²) in [7, 11) is 0. The van der Waals surface area contributed by atoms with Gasteiger partial charge in [-0.2, -0.15) is 0 Å². The van der Waals surface area contributed by atoms with Crippen LogP contribution in [0.15, 0.2) is 0 Å². The number of rotatable bonds is 11. The number of hydrogen-bond acceptors (Lipinski definition) is 4. The summed E-state index contributed by atoms with van der Waals surface area (Å²) in [6.45, 7) is 8.49. The molecule has 0 rings (SSSR count). The second-order valence-corrected chi connectivity index (χ2v) is 5.52. The van der Waals surface area contributed by atoms with Crippen molar-refractivity contribution in [3.8, 4) is 0 Å². The second kappa shape index (κ2) is 10.2. The second-order valence-electron chi connectivity index (χ2n) is 5.52. The number of carboxylic acid groups (broad SMARTS) is 1. The van der Waals surface area contributed by atoms with Gasteiger partial charge in [-0.25, -0.2) is 0 Å². The lowest BCUT2D eigenvalue weighted by atomic mass is 10.0. The molecule has 0 bridgehead atoms. The lowest BCUT2D eigenvalue weighted by Gasteiger charge is -2.18. The zero-order valence-electron chi connectivity index (χ0n) is 12.6. The Kier molecular flexibility index (Phi) is 9.83. The monoisotopic (exact) mass is 275 g/mol. The molecule has 0 aliphatic heterocycles. The van der Waals surface area contributed by atoms with Gasteiger partial charge in [0.1, 0.15) is 0 Å². The molecule has 0 aromatic heterocycles. The highest BCUT2D eigenvalue weighted by molar-refractivity contribution is 5.69. The average Bonchev–Trinajstić information content (AvgIpc) is 2.33. The van der Waals surface area contributed by atoms with Crippen molar-refractivity contribution in [3.63, 3.8) is 0 Å². The van der Waals surface area contributed by atoms with Crippen molar-refractivity contribution in [2.45, 2.75) is 65.2 Å². The Labute approximate surface area is 116 Å². The van der Waals surface area contributed by atoms with E-state index in [1.165, 1.54) is 0 Å². The molecule has 5 nitrogen and oxygen atoms in total. The maximum Gasteiger partial charge on any atom is 0.306 e. The van der Waals surface area contributed by atoms with Crippen LogP contribution in [0, 0.1) is 5.92 Å². The van der Waals surface area contributed by atoms with E-state index in [9.17, 15) is 9.90 Å². The van der Waals surface area contributed by atoms with Crippen LogP contribution in [-0.4, -0.2) is 47.6 Å². The molecule has 0 heterocycles. The zero-order valence-corrected chi connectivity index (χ0v) is 12.6. The molecular formula is C14H29NO4. The minimum atomic E-state index is -0.734. The highest BCUT2D eigenvalue weighted by Gasteiger charge is 2.12. The third-order valence-electron chi connectivity index (χ3n) is 3.02. The molecule has 19 heavy (non-hydrogen) atoms. The number of hydrogen-bond donors (Lipinski definition) is 3. The molecule has 114 valence electrons. The Morgan fingerprint density at radius 3 is 2.37 bits per heavy atom. The Hall–Kier alpha value is -0.650. The van der Waals surface area contributed by atoms with Crippen LogP contribution in [0.1, 0.15) is 47.0 Å². The van der Waals surface area contributed by atoms with Crippen LogP contribution in [0.3, 0.4) is 0 Å². The normalized spacial score (nSPS) is 16.3. The molecule has 3 atom stereocenters. The number of nitrogens with one attached hydrogen (secondary N) is 1. The van der Waals surface area contributed by atoms with Gasteiger partial charge in [0, 0.05) is 12.6 Å². The van der Waals surface area contributed by atoms with E-state index >= 15 is 0 Å². The summed E-state index contributed by atoms with van der Waals surface area (Å²) < 4.78 is 5.32. The molecule has 0 amide bonds. The van der Waals surface area contributed by atoms with Gasteiger partial charge in [0.05, 0.1) is 24.7 Å². The molecular weight excluding hydrogens is 246 g/mol. The minimum absolute atomic E-state index is 0.129. The molecule has 0 radical (unpaired) electrons. The minimum Gasteiger partial charge on any atom is -0.481 e. The zero-order chi connectivity index (χ0) is 14.8. The predicted molar refractivity (Wildman–Crippen MR) is 75.2 cm³/mol. The molecule has 0 aromatic carbocycles. The van der Waals surface area contributed by atoms with Gasteiger partial charge in [0.25, 0.3) is 0 Å². The van der Waals surface area contributed by atoms with Crippen molar-refractivity contribution in [2.75, 3.05) is 13.2 Å². The van der Waals surface area contributed by atoms with E-state index in [1.54, 1.807) is 6.92 Å². The van der Waals surface area contributed by atoms with Crippen LogP contribution in [0.2, 0.25) is 0 Å². The smallest absolute Gasteiger partial charge is 0.306 e. The van der Waals surface area contributed by atoms with Gasteiger partial charge in [-0.3, -0.25) is 4.79 Å². The lowest BCUT2D eigenvalue weighted by molar-refractivity contribution is -0.141. The van der Waals surface area contributed by atoms with Gasteiger partial charge in [-0.1, -0.05) is 13.3 Å². The van der Waals surface area contributed by atoms with E-state index in [0.29, 0.717) is 19.6 Å². The molecule has 0 saturated carbocycles. The molecule has 0 saturated heterocycles. The molecule has 0 spiro atoms. The largest absolute Gasteiger partial charge is 0.481 e. The fraction of sp³-hybridized carbons (Fsp3) is 0.929. The van der Waals surface area contributed by atoms with Crippen LogP contribution in [0.4, 0.5) is 0 Å². The molecule has 0 aromatic rings. The predicted octanol–water partition coefficient (Wildman–Crippen LogP) is 1.64. The first-order valence-electron chi connectivity index (χ1n) is 7.08. The van der Waals surface area contributed by atoms with E-state index in [4.69, 9.17) is 9.84 Å². The van der Waals surface area contributed by atoms with E-state index in [1.807, 2.05) is 20.8 Å². The van der Waals surface area contributed by atoms with Gasteiger partial charge in [-0.15, -0.1) is 0 Å². The highest BCUT2D eigenvalue weighted by atomic mass is 16.5. The standard InChI is InChI=1S/C14H29NO4/c1-10(2)19-9-13(16)8-15-12(4)7-5-6-11(3)14(17)18/h10-13,15-16H,5-9H2,1-4H3,(H,17,18). The summed E-state index contributed by atoms with van der Waals surface area (Å²) in [4.78, 5) is 10.7. The van der Waals surface area contributed by atoms with Crippen molar-refractivity contribution < 1.29 is 19.7 Å². The van der Waals surface area contributed by atoms with Crippen molar-refractivity contribution in [3.05, 3.63) is 0 Å². The van der Waals surface area contributed by atoms with Crippen LogP contribution in [0.25, 0.3) is 0 Å². The van der Waals surface area contributed by atoms with Gasteiger partial charge >= 0.3 is 5.97 Å². The van der Waals surface area contributed by atoms with Crippen molar-refractivity contribution >= 4 is 5.97 Å². The highest BCUT2D eigenvalue weighted by Crippen LogP contribution is 2.09. The topological polar surface area (TPSA) is 78.8 Å². The Morgan fingerprint density at radius 1 is 1.21 bits per heavy atom. The van der Waals surface area contributed by atoms with E-state index < -0.39 is 12.1 Å². The Balaban J connectivity index is 3.58. The van der Waals surface area contributed by atoms with Gasteiger partial charge in [0.15, 0.2) is 0 Å². The molecule has 3 unspecified atom stereocenters. The Morgan fingerprint density at radius 2 is 1.84 bits per heavy atom. The summed E-state index contributed by atoms with van der Waals surface area (Å²) in [6, 6.07) is 0.273. The number of aliphatic carboxylic acids is 1. The summed E-state index contributed by atoms with van der Waals surface area (Å²) >= 11 is 0. The molecule has 3 N–H and O–H groups in total. The summed E-state index contributed by atoms with van der Waals surface area (Å²) in [6.07, 6.45) is 2.11. The van der Waals surface area contributed by atoms with Gasteiger partial charge in [-0.05, 0) is 33.6 Å². The fourth-order valence-corrected chi connectivity index (χ4v) is 1.66. The summed E-state index contributed by atoms with van der Waals surface area (Å²) in [5.74, 6) is -1.01. The third-order valence-corrected chi connectivity index (χ3v) is 3.02. The number of aliphatic hydroxyl groups is 1. The van der Waals surface area contributed by atoms with Gasteiger partial charge < -0.3 is 20.3 Å². The van der Waals surface area contributed by atoms with Crippen LogP contribution >= 0.6 is 0 Å². The maximum atomic E-state index is 10.7. The number of aliphatic hydroxyl groups excluding tert-OH is 1. The van der Waals surface area contributed by atoms with Crippen LogP contribution in [0.5, 0.6) is 0 Å². The fourth-order valence-electron chi connectivity index (χ4n) is 1.66. The van der Waals surface area contributed by atoms with Crippen LogP contribution in [-0.2, 0) is 9.53 Å². The van der Waals surface area contributed by atoms with E-state index in [0.717, 1.165) is 12.8 Å². The molecule has 0 fully saturated rings. The van der Waals surface area contributed by atoms with Crippen molar-refractivity contribution in [1.29, 1.82) is 0 Å². The van der Waals surface area contributed by atoms with E-state index in [-0.39, 0.29) is 18.1 Å². The van der Waals surface area contributed by atoms with Crippen molar-refractivity contribution in [1.82, 2.24) is 5.32 Å². The third kappa shape index (κ3) is 10.9. The first-order chi connectivity index (χ1) is 8.82. The van der Waals surface area contributed by atoms with E-state index in [2.05, 4.69) is 5.32 Å². The average molecular weight is 275 g/mol. The molecule has 0 aliphatic rings. The quantitative estimate of drug-likeness (QED) is 0.534. The number of ether oxygens (including phenoxy) is 1. The van der Waals surface area contributed by atoms with Crippen molar-refractivity contribution in [2.24, 2.45) is 5.92 Å². The number of carboxylic acids is 1.